The molecule has 6 nitrogen and oxygen atoms in total. The SMILES string of the molecule is Cc1ccc(-n2ncc(C(=O)NCc3ccc(Oc4cccnc4)c(F)c3)c2C(C)C)cc1. The standard InChI is InChI=1S/C26H25FN4O2/c1-17(2)25-22(16-30-31(25)20-9-6-18(3)7-10-20)26(32)29-14-19-8-11-24(23(27)13-19)33-21-5-4-12-28-15-21/h4-13,15-17H,14H2,1-3H3,(H,29,32). The minimum atomic E-state index is -0.513. The summed E-state index contributed by atoms with van der Waals surface area (Å²) in [5.41, 5.74) is 4.00. The van der Waals surface area contributed by atoms with Crippen molar-refractivity contribution in [3.8, 4) is 17.2 Å². The molecule has 0 atom stereocenters. The zero-order valence-corrected chi connectivity index (χ0v) is 18.7. The van der Waals surface area contributed by atoms with Crippen molar-refractivity contribution in [2.75, 3.05) is 0 Å². The fourth-order valence-electron chi connectivity index (χ4n) is 3.53. The maximum atomic E-state index is 14.5. The van der Waals surface area contributed by atoms with Crippen molar-refractivity contribution >= 4 is 5.91 Å². The van der Waals surface area contributed by atoms with Crippen molar-refractivity contribution < 1.29 is 13.9 Å². The molecule has 0 saturated heterocycles. The van der Waals surface area contributed by atoms with Gasteiger partial charge in [0.05, 0.1) is 29.3 Å². The van der Waals surface area contributed by atoms with Crippen LogP contribution >= 0.6 is 0 Å². The van der Waals surface area contributed by atoms with Crippen LogP contribution in [0.4, 0.5) is 4.39 Å². The van der Waals surface area contributed by atoms with E-state index in [1.54, 1.807) is 41.3 Å². The van der Waals surface area contributed by atoms with Gasteiger partial charge in [0.1, 0.15) is 5.75 Å². The van der Waals surface area contributed by atoms with Gasteiger partial charge in [0.15, 0.2) is 11.6 Å². The lowest BCUT2D eigenvalue weighted by Gasteiger charge is -2.13. The van der Waals surface area contributed by atoms with Crippen LogP contribution < -0.4 is 10.1 Å². The van der Waals surface area contributed by atoms with Crippen LogP contribution in [0.2, 0.25) is 0 Å². The van der Waals surface area contributed by atoms with Crippen molar-refractivity contribution in [2.45, 2.75) is 33.2 Å². The number of ether oxygens (including phenoxy) is 1. The molecule has 0 aliphatic heterocycles. The molecule has 0 spiro atoms. The number of pyridine rings is 1. The van der Waals surface area contributed by atoms with Gasteiger partial charge in [-0.2, -0.15) is 5.10 Å². The van der Waals surface area contributed by atoms with Crippen LogP contribution in [0.25, 0.3) is 5.69 Å². The van der Waals surface area contributed by atoms with E-state index in [1.165, 1.54) is 12.3 Å². The summed E-state index contributed by atoms with van der Waals surface area (Å²) in [5, 5.41) is 7.32. The van der Waals surface area contributed by atoms with Crippen LogP contribution in [0.5, 0.6) is 11.5 Å². The van der Waals surface area contributed by atoms with Crippen molar-refractivity contribution in [2.24, 2.45) is 0 Å². The monoisotopic (exact) mass is 444 g/mol. The summed E-state index contributed by atoms with van der Waals surface area (Å²) in [4.78, 5) is 16.9. The van der Waals surface area contributed by atoms with E-state index in [0.717, 1.165) is 16.9 Å². The Morgan fingerprint density at radius 1 is 1.12 bits per heavy atom. The minimum Gasteiger partial charge on any atom is -0.453 e. The van der Waals surface area contributed by atoms with E-state index in [4.69, 9.17) is 4.74 Å². The van der Waals surface area contributed by atoms with Gasteiger partial charge in [0, 0.05) is 12.7 Å². The number of hydrogen-bond donors (Lipinski definition) is 1. The Kier molecular flexibility index (Phi) is 6.49. The number of rotatable bonds is 7. The number of aryl methyl sites for hydroxylation is 1. The second-order valence-corrected chi connectivity index (χ2v) is 8.08. The molecule has 0 unspecified atom stereocenters. The number of aromatic nitrogens is 3. The first kappa shape index (κ1) is 22.2. The lowest BCUT2D eigenvalue weighted by Crippen LogP contribution is -2.24. The van der Waals surface area contributed by atoms with Crippen molar-refractivity contribution in [1.29, 1.82) is 0 Å². The normalized spacial score (nSPS) is 10.9. The quantitative estimate of drug-likeness (QED) is 0.405. The van der Waals surface area contributed by atoms with Crippen molar-refractivity contribution in [1.82, 2.24) is 20.1 Å². The molecule has 2 heterocycles. The lowest BCUT2D eigenvalue weighted by atomic mass is 10.0. The molecule has 0 bridgehead atoms. The summed E-state index contributed by atoms with van der Waals surface area (Å²) in [6, 6.07) is 16.0. The molecule has 0 aliphatic carbocycles. The van der Waals surface area contributed by atoms with Gasteiger partial charge in [-0.1, -0.05) is 37.6 Å². The zero-order valence-electron chi connectivity index (χ0n) is 18.7. The maximum absolute atomic E-state index is 14.5. The Bertz CT molecular complexity index is 1250. The largest absolute Gasteiger partial charge is 0.453 e. The highest BCUT2D eigenvalue weighted by atomic mass is 19.1. The second-order valence-electron chi connectivity index (χ2n) is 8.08. The molecule has 2 aromatic carbocycles. The van der Waals surface area contributed by atoms with Crippen LogP contribution in [0, 0.1) is 12.7 Å². The van der Waals surface area contributed by atoms with E-state index < -0.39 is 5.82 Å². The molecule has 4 rings (SSSR count). The summed E-state index contributed by atoms with van der Waals surface area (Å²) < 4.78 is 21.8. The van der Waals surface area contributed by atoms with E-state index in [0.29, 0.717) is 16.9 Å². The van der Waals surface area contributed by atoms with Crippen molar-refractivity contribution in [3.05, 3.63) is 101 Å². The van der Waals surface area contributed by atoms with Gasteiger partial charge < -0.3 is 10.1 Å². The first-order valence-electron chi connectivity index (χ1n) is 10.7. The van der Waals surface area contributed by atoms with E-state index >= 15 is 0 Å². The molecule has 1 N–H and O–H groups in total. The summed E-state index contributed by atoms with van der Waals surface area (Å²) in [5.74, 6) is -0.145. The summed E-state index contributed by atoms with van der Waals surface area (Å²) >= 11 is 0. The fourth-order valence-corrected chi connectivity index (χ4v) is 3.53. The van der Waals surface area contributed by atoms with E-state index in [9.17, 15) is 9.18 Å². The Balaban J connectivity index is 1.48. The Morgan fingerprint density at radius 2 is 1.91 bits per heavy atom. The van der Waals surface area contributed by atoms with Gasteiger partial charge in [-0.3, -0.25) is 9.78 Å². The summed E-state index contributed by atoms with van der Waals surface area (Å²) in [7, 11) is 0. The Morgan fingerprint density at radius 3 is 2.58 bits per heavy atom. The van der Waals surface area contributed by atoms with Gasteiger partial charge >= 0.3 is 0 Å². The first-order valence-corrected chi connectivity index (χ1v) is 10.7. The number of carbonyl (C=O) groups is 1. The minimum absolute atomic E-state index is 0.0795. The predicted octanol–water partition coefficient (Wildman–Crippen LogP) is 5.56. The van der Waals surface area contributed by atoms with E-state index in [1.807, 2.05) is 45.0 Å². The Labute approximate surface area is 192 Å². The zero-order chi connectivity index (χ0) is 23.4. The third kappa shape index (κ3) is 5.09. The average molecular weight is 445 g/mol. The van der Waals surface area contributed by atoms with Crippen molar-refractivity contribution in [3.63, 3.8) is 0 Å². The van der Waals surface area contributed by atoms with Gasteiger partial charge in [0.2, 0.25) is 0 Å². The Hall–Kier alpha value is -4.00. The first-order chi connectivity index (χ1) is 15.9. The van der Waals surface area contributed by atoms with E-state index in [2.05, 4.69) is 15.4 Å². The number of benzene rings is 2. The average Bonchev–Trinajstić information content (AvgIpc) is 3.26. The molecule has 0 saturated carbocycles. The number of amides is 1. The fraction of sp³-hybridized carbons (Fsp3) is 0.192. The number of nitrogens with one attached hydrogen (secondary N) is 1. The van der Waals surface area contributed by atoms with Crippen LogP contribution in [-0.4, -0.2) is 20.7 Å². The summed E-state index contributed by atoms with van der Waals surface area (Å²) in [6.45, 7) is 6.25. The molecule has 2 aromatic heterocycles. The van der Waals surface area contributed by atoms with Gasteiger partial charge in [-0.15, -0.1) is 0 Å². The lowest BCUT2D eigenvalue weighted by molar-refractivity contribution is 0.0949. The van der Waals surface area contributed by atoms with Crippen LogP contribution in [0.3, 0.4) is 0 Å². The molecular formula is C26H25FN4O2. The number of hydrogen-bond acceptors (Lipinski definition) is 4. The second kappa shape index (κ2) is 9.65. The highest BCUT2D eigenvalue weighted by molar-refractivity contribution is 5.95. The van der Waals surface area contributed by atoms with Crippen LogP contribution in [0.15, 0.2) is 73.2 Å². The summed E-state index contributed by atoms with van der Waals surface area (Å²) in [6.07, 6.45) is 4.71. The molecule has 4 aromatic rings. The maximum Gasteiger partial charge on any atom is 0.255 e. The molecule has 7 heteroatoms. The molecule has 0 radical (unpaired) electrons. The highest BCUT2D eigenvalue weighted by Crippen LogP contribution is 2.25. The van der Waals surface area contributed by atoms with Crippen LogP contribution in [0.1, 0.15) is 46.9 Å². The smallest absolute Gasteiger partial charge is 0.255 e. The van der Waals surface area contributed by atoms with Gasteiger partial charge in [0.25, 0.3) is 5.91 Å². The number of carbonyl (C=O) groups excluding carboxylic acids is 1. The number of nitrogens with zero attached hydrogens (tertiary/aromatic N) is 3. The third-order valence-electron chi connectivity index (χ3n) is 5.19. The molecule has 0 fully saturated rings. The molecule has 1 amide bonds. The highest BCUT2D eigenvalue weighted by Gasteiger charge is 2.21. The van der Waals surface area contributed by atoms with Gasteiger partial charge in [-0.25, -0.2) is 9.07 Å². The van der Waals surface area contributed by atoms with E-state index in [-0.39, 0.29) is 24.1 Å². The molecule has 0 aliphatic rings. The predicted molar refractivity (Wildman–Crippen MR) is 124 cm³/mol. The molecule has 168 valence electrons. The van der Waals surface area contributed by atoms with Crippen LogP contribution in [-0.2, 0) is 6.54 Å². The molecular weight excluding hydrogens is 419 g/mol. The van der Waals surface area contributed by atoms with Gasteiger partial charge in [-0.05, 0) is 54.8 Å². The third-order valence-corrected chi connectivity index (χ3v) is 5.19. The topological polar surface area (TPSA) is 69.0 Å². The number of halogens is 1. The molecule has 33 heavy (non-hydrogen) atoms.